The largest absolute Gasteiger partial charge is 0.356 e. The first-order valence-corrected chi connectivity index (χ1v) is 15.2. The van der Waals surface area contributed by atoms with E-state index in [1.807, 2.05) is 6.92 Å². The Hall–Kier alpha value is -1.23. The van der Waals surface area contributed by atoms with Crippen molar-refractivity contribution in [1.29, 1.82) is 0 Å². The molecule has 5 rings (SSSR count). The van der Waals surface area contributed by atoms with Gasteiger partial charge >= 0.3 is 0 Å². The van der Waals surface area contributed by atoms with Gasteiger partial charge in [0.25, 0.3) is 0 Å². The van der Waals surface area contributed by atoms with E-state index in [0.29, 0.717) is 11.8 Å². The van der Waals surface area contributed by atoms with E-state index in [1.54, 1.807) is 17.1 Å². The number of aromatic nitrogens is 2. The molecule has 1 amide bonds. The molecule has 2 saturated carbocycles. The Morgan fingerprint density at radius 2 is 1.97 bits per heavy atom. The Morgan fingerprint density at radius 1 is 1.17 bits per heavy atom. The molecular formula is C30H47N3OS. The number of nitrogens with one attached hydrogen (secondary N) is 1. The third kappa shape index (κ3) is 4.03. The number of nitrogens with zero attached hydrogens (tertiary/aromatic N) is 2. The maximum atomic E-state index is 11.8. The Morgan fingerprint density at radius 3 is 2.74 bits per heavy atom. The topological polar surface area (TPSA) is 54.9 Å². The predicted molar refractivity (Wildman–Crippen MR) is 144 cm³/mol. The molecule has 0 unspecified atom stereocenters. The number of fused-ring (bicyclic) bond motifs is 6. The van der Waals surface area contributed by atoms with Crippen molar-refractivity contribution in [3.8, 4) is 0 Å². The zero-order chi connectivity index (χ0) is 25.0. The number of carbonyl (C=O) groups is 1. The van der Waals surface area contributed by atoms with Crippen LogP contribution in [-0.4, -0.2) is 22.0 Å². The van der Waals surface area contributed by atoms with Gasteiger partial charge in [-0.1, -0.05) is 63.6 Å². The summed E-state index contributed by atoms with van der Waals surface area (Å²) in [5.74, 6) is 4.31. The van der Waals surface area contributed by atoms with Crippen molar-refractivity contribution in [1.82, 2.24) is 14.9 Å². The Kier molecular flexibility index (Phi) is 6.72. The summed E-state index contributed by atoms with van der Waals surface area (Å²) in [5, 5.41) is 7.52. The monoisotopic (exact) mass is 497 g/mol. The Bertz CT molecular complexity index is 982. The summed E-state index contributed by atoms with van der Waals surface area (Å²) in [5.41, 5.74) is 3.67. The van der Waals surface area contributed by atoms with Crippen LogP contribution in [0.2, 0.25) is 0 Å². The number of hydrogen-bond donors (Lipinski definition) is 1. The zero-order valence-electron chi connectivity index (χ0n) is 23.0. The number of hydrogen-bond acceptors (Lipinski definition) is 4. The molecule has 5 heteroatoms. The van der Waals surface area contributed by atoms with E-state index in [9.17, 15) is 4.79 Å². The first kappa shape index (κ1) is 25.4. The normalized spacial score (nSPS) is 37.9. The summed E-state index contributed by atoms with van der Waals surface area (Å²) in [7, 11) is 0. The first-order valence-electron chi connectivity index (χ1n) is 14.4. The minimum absolute atomic E-state index is 0.0157. The fraction of sp³-hybridized carbons (Fsp3) is 0.833. The summed E-state index contributed by atoms with van der Waals surface area (Å²) >= 11 is 1.64. The summed E-state index contributed by atoms with van der Waals surface area (Å²) < 4.78 is 4.38. The molecule has 1 N–H and O–H groups in total. The van der Waals surface area contributed by atoms with Crippen LogP contribution in [0.4, 0.5) is 0 Å². The minimum atomic E-state index is 0.0157. The first-order chi connectivity index (χ1) is 16.6. The lowest BCUT2D eigenvalue weighted by Gasteiger charge is -2.60. The van der Waals surface area contributed by atoms with E-state index in [4.69, 9.17) is 0 Å². The van der Waals surface area contributed by atoms with Crippen LogP contribution in [0.5, 0.6) is 0 Å². The molecule has 7 atom stereocenters. The summed E-state index contributed by atoms with van der Waals surface area (Å²) in [4.78, 5) is 13.3. The highest BCUT2D eigenvalue weighted by Crippen LogP contribution is 2.68. The van der Waals surface area contributed by atoms with Crippen LogP contribution in [0, 0.1) is 40.4 Å². The molecular weight excluding hydrogens is 450 g/mol. The second-order valence-corrected chi connectivity index (χ2v) is 14.2. The highest BCUT2D eigenvalue weighted by atomic mass is 32.1. The van der Waals surface area contributed by atoms with E-state index >= 15 is 0 Å². The molecule has 0 aromatic carbocycles. The summed E-state index contributed by atoms with van der Waals surface area (Å²) in [6, 6.07) is 0. The van der Waals surface area contributed by atoms with Crippen molar-refractivity contribution in [3.05, 3.63) is 22.2 Å². The zero-order valence-corrected chi connectivity index (χ0v) is 23.8. The van der Waals surface area contributed by atoms with E-state index in [2.05, 4.69) is 55.6 Å². The van der Waals surface area contributed by atoms with E-state index in [-0.39, 0.29) is 16.7 Å². The second-order valence-electron chi connectivity index (χ2n) is 13.4. The lowest BCUT2D eigenvalue weighted by atomic mass is 9.45. The van der Waals surface area contributed by atoms with Crippen LogP contribution in [0.3, 0.4) is 0 Å². The van der Waals surface area contributed by atoms with Crippen LogP contribution in [-0.2, 0) is 16.6 Å². The van der Waals surface area contributed by atoms with E-state index < -0.39 is 0 Å². The van der Waals surface area contributed by atoms with Gasteiger partial charge in [-0.15, -0.1) is 5.10 Å². The van der Waals surface area contributed by atoms with Crippen LogP contribution in [0.15, 0.2) is 11.6 Å². The molecule has 194 valence electrons. The van der Waals surface area contributed by atoms with Crippen molar-refractivity contribution in [3.63, 3.8) is 0 Å². The molecule has 1 aromatic rings. The van der Waals surface area contributed by atoms with Crippen LogP contribution in [0.1, 0.15) is 110 Å². The molecule has 0 saturated heterocycles. The Balaban J connectivity index is 1.29. The number of amides is 1. The lowest BCUT2D eigenvalue weighted by molar-refractivity contribution is -0.121. The van der Waals surface area contributed by atoms with Crippen LogP contribution < -0.4 is 5.32 Å². The van der Waals surface area contributed by atoms with Crippen molar-refractivity contribution < 1.29 is 4.79 Å². The van der Waals surface area contributed by atoms with Crippen molar-refractivity contribution >= 4 is 17.4 Å². The van der Waals surface area contributed by atoms with Crippen LogP contribution >= 0.6 is 11.5 Å². The average Bonchev–Trinajstić information content (AvgIpc) is 3.41. The van der Waals surface area contributed by atoms with Gasteiger partial charge in [0.05, 0.1) is 10.6 Å². The van der Waals surface area contributed by atoms with Gasteiger partial charge in [-0.05, 0) is 104 Å². The number of allylic oxidation sites excluding steroid dienone is 2. The fourth-order valence-corrected chi connectivity index (χ4v) is 10.7. The average molecular weight is 498 g/mol. The highest BCUT2D eigenvalue weighted by Gasteiger charge is 2.61. The summed E-state index contributed by atoms with van der Waals surface area (Å²) in [6.07, 6.45) is 14.8. The maximum Gasteiger partial charge on any atom is 0.219 e. The molecule has 1 aromatic heterocycles. The van der Waals surface area contributed by atoms with Gasteiger partial charge in [0, 0.05) is 18.4 Å². The van der Waals surface area contributed by atoms with Crippen molar-refractivity contribution in [2.24, 2.45) is 40.4 Å². The van der Waals surface area contributed by atoms with Gasteiger partial charge in [-0.3, -0.25) is 4.79 Å². The smallest absolute Gasteiger partial charge is 0.219 e. The fourth-order valence-electron chi connectivity index (χ4n) is 9.76. The standard InChI is InChI=1S/C30H47N3OS/c1-7-31-26(34)11-9-8-10-19(2)21-13-14-22-20-12-15-25-28(3,4)27-24(35-33-32-27)18-30(25,6)23(20)16-17-29(21,22)5/h15,19-23H,7-14,16-18H2,1-6H3,(H,31,34)/t19-,20+,21-,22+,23+,29-,30-/m1/s1. The van der Waals surface area contributed by atoms with Gasteiger partial charge in [0.15, 0.2) is 0 Å². The van der Waals surface area contributed by atoms with E-state index in [0.717, 1.165) is 49.0 Å². The van der Waals surface area contributed by atoms with Crippen molar-refractivity contribution in [2.45, 2.75) is 111 Å². The van der Waals surface area contributed by atoms with Crippen LogP contribution in [0.25, 0.3) is 0 Å². The molecule has 4 aliphatic rings. The highest BCUT2D eigenvalue weighted by molar-refractivity contribution is 7.05. The predicted octanol–water partition coefficient (Wildman–Crippen LogP) is 7.10. The minimum Gasteiger partial charge on any atom is -0.356 e. The molecule has 2 fully saturated rings. The molecule has 4 nitrogen and oxygen atoms in total. The van der Waals surface area contributed by atoms with Gasteiger partial charge < -0.3 is 5.32 Å². The molecule has 35 heavy (non-hydrogen) atoms. The summed E-state index contributed by atoms with van der Waals surface area (Å²) in [6.45, 7) is 15.3. The molecule has 0 aliphatic heterocycles. The third-order valence-corrected chi connectivity index (χ3v) is 12.0. The van der Waals surface area contributed by atoms with Crippen molar-refractivity contribution in [2.75, 3.05) is 6.54 Å². The van der Waals surface area contributed by atoms with E-state index in [1.165, 1.54) is 55.5 Å². The van der Waals surface area contributed by atoms with Gasteiger partial charge in [0.1, 0.15) is 0 Å². The number of unbranched alkanes of at least 4 members (excludes halogenated alkanes) is 1. The van der Waals surface area contributed by atoms with Gasteiger partial charge in [-0.25, -0.2) is 0 Å². The lowest BCUT2D eigenvalue weighted by Crippen LogP contribution is -2.53. The quantitative estimate of drug-likeness (QED) is 0.323. The molecule has 0 bridgehead atoms. The SMILES string of the molecule is CCNC(=O)CCCC[C@@H](C)[C@H]1CC[C@H]2[C@@H]3CC=C4C(C)(C)c5nnsc5C[C@]4(C)[C@H]3CC[C@]12C. The molecule has 0 radical (unpaired) electrons. The van der Waals surface area contributed by atoms with Gasteiger partial charge in [-0.2, -0.15) is 0 Å². The third-order valence-electron chi connectivity index (χ3n) is 11.3. The van der Waals surface area contributed by atoms with Gasteiger partial charge in [0.2, 0.25) is 5.91 Å². The number of carbonyl (C=O) groups excluding carboxylic acids is 1. The molecule has 4 aliphatic carbocycles. The molecule has 1 heterocycles. The number of rotatable bonds is 7. The second kappa shape index (κ2) is 9.26. The maximum absolute atomic E-state index is 11.8. The molecule has 0 spiro atoms. The Labute approximate surface area is 217 Å².